The molecule has 4 atom stereocenters. The van der Waals surface area contributed by atoms with E-state index in [2.05, 4.69) is 13.5 Å². The van der Waals surface area contributed by atoms with Crippen molar-refractivity contribution in [2.24, 2.45) is 17.8 Å². The van der Waals surface area contributed by atoms with Crippen molar-refractivity contribution >= 4 is 5.97 Å². The summed E-state index contributed by atoms with van der Waals surface area (Å²) >= 11 is 0. The van der Waals surface area contributed by atoms with Crippen LogP contribution >= 0.6 is 0 Å². The Kier molecular flexibility index (Phi) is 2.55. The fraction of sp³-hybridized carbons (Fsp3) is 0.700. The van der Waals surface area contributed by atoms with E-state index in [9.17, 15) is 4.79 Å². The van der Waals surface area contributed by atoms with Gasteiger partial charge in [0.25, 0.3) is 0 Å². The van der Waals surface area contributed by atoms with Crippen LogP contribution in [0.3, 0.4) is 0 Å². The molecule has 0 aromatic carbocycles. The molecule has 0 N–H and O–H groups in total. The third-order valence-electron chi connectivity index (χ3n) is 2.82. The summed E-state index contributed by atoms with van der Waals surface area (Å²) in [6, 6.07) is 0. The SMILES string of the molecule is C=C[C@@H](C)[C@H]1OC(=O)[C@H](C)[C@@H]1C. The third-order valence-corrected chi connectivity index (χ3v) is 2.82. The zero-order chi connectivity index (χ0) is 9.30. The highest BCUT2D eigenvalue weighted by atomic mass is 16.6. The molecule has 2 heteroatoms. The predicted molar refractivity (Wildman–Crippen MR) is 47.6 cm³/mol. The van der Waals surface area contributed by atoms with E-state index in [0.717, 1.165) is 0 Å². The lowest BCUT2D eigenvalue weighted by Crippen LogP contribution is -2.22. The van der Waals surface area contributed by atoms with Crippen molar-refractivity contribution in [1.29, 1.82) is 0 Å². The van der Waals surface area contributed by atoms with Gasteiger partial charge in [-0.2, -0.15) is 0 Å². The van der Waals surface area contributed by atoms with E-state index in [-0.39, 0.29) is 23.9 Å². The Morgan fingerprint density at radius 3 is 2.50 bits per heavy atom. The number of rotatable bonds is 2. The summed E-state index contributed by atoms with van der Waals surface area (Å²) < 4.78 is 5.23. The Morgan fingerprint density at radius 1 is 1.58 bits per heavy atom. The smallest absolute Gasteiger partial charge is 0.309 e. The molecule has 1 saturated heterocycles. The number of hydrogen-bond acceptors (Lipinski definition) is 2. The molecule has 1 aliphatic rings. The average molecular weight is 168 g/mol. The van der Waals surface area contributed by atoms with E-state index in [1.54, 1.807) is 0 Å². The molecule has 0 aromatic rings. The van der Waals surface area contributed by atoms with Crippen molar-refractivity contribution in [2.75, 3.05) is 0 Å². The van der Waals surface area contributed by atoms with Gasteiger partial charge in [-0.3, -0.25) is 4.79 Å². The molecule has 0 amide bonds. The lowest BCUT2D eigenvalue weighted by atomic mass is 9.88. The minimum Gasteiger partial charge on any atom is -0.461 e. The first-order chi connectivity index (χ1) is 5.57. The van der Waals surface area contributed by atoms with Crippen LogP contribution in [0.1, 0.15) is 20.8 Å². The normalized spacial score (nSPS) is 37.6. The van der Waals surface area contributed by atoms with Gasteiger partial charge >= 0.3 is 5.97 Å². The van der Waals surface area contributed by atoms with Gasteiger partial charge in [0.2, 0.25) is 0 Å². The molecule has 0 bridgehead atoms. The number of carbonyl (C=O) groups is 1. The van der Waals surface area contributed by atoms with E-state index in [1.165, 1.54) is 0 Å². The van der Waals surface area contributed by atoms with E-state index in [4.69, 9.17) is 4.74 Å². The Hall–Kier alpha value is -0.790. The van der Waals surface area contributed by atoms with E-state index >= 15 is 0 Å². The maximum Gasteiger partial charge on any atom is 0.309 e. The van der Waals surface area contributed by atoms with Crippen LogP contribution < -0.4 is 0 Å². The topological polar surface area (TPSA) is 26.3 Å². The first-order valence-electron chi connectivity index (χ1n) is 4.41. The lowest BCUT2D eigenvalue weighted by Gasteiger charge is -2.18. The van der Waals surface area contributed by atoms with Crippen molar-refractivity contribution in [3.05, 3.63) is 12.7 Å². The van der Waals surface area contributed by atoms with Crippen LogP contribution in [0.2, 0.25) is 0 Å². The summed E-state index contributed by atoms with van der Waals surface area (Å²) in [5.74, 6) is 0.540. The van der Waals surface area contributed by atoms with Gasteiger partial charge in [-0.1, -0.05) is 26.8 Å². The molecular formula is C10H16O2. The largest absolute Gasteiger partial charge is 0.461 e. The van der Waals surface area contributed by atoms with Crippen LogP contribution in [-0.4, -0.2) is 12.1 Å². The van der Waals surface area contributed by atoms with Gasteiger partial charge in [0.15, 0.2) is 0 Å². The molecule has 0 saturated carbocycles. The quantitative estimate of drug-likeness (QED) is 0.465. The van der Waals surface area contributed by atoms with Crippen molar-refractivity contribution in [2.45, 2.75) is 26.9 Å². The Balaban J connectivity index is 2.70. The molecule has 68 valence electrons. The van der Waals surface area contributed by atoms with Gasteiger partial charge in [-0.05, 0) is 0 Å². The predicted octanol–water partition coefficient (Wildman–Crippen LogP) is 2.01. The molecule has 0 spiro atoms. The Morgan fingerprint density at radius 2 is 2.17 bits per heavy atom. The van der Waals surface area contributed by atoms with Crippen LogP contribution in [0, 0.1) is 17.8 Å². The Labute approximate surface area is 73.6 Å². The van der Waals surface area contributed by atoms with Crippen molar-refractivity contribution in [1.82, 2.24) is 0 Å². The number of cyclic esters (lactones) is 1. The maximum atomic E-state index is 11.2. The first-order valence-corrected chi connectivity index (χ1v) is 4.41. The summed E-state index contributed by atoms with van der Waals surface area (Å²) in [6.07, 6.45) is 1.87. The van der Waals surface area contributed by atoms with Gasteiger partial charge in [0.1, 0.15) is 6.10 Å². The highest BCUT2D eigenvalue weighted by Gasteiger charge is 2.40. The molecule has 1 aliphatic heterocycles. The second-order valence-corrected chi connectivity index (χ2v) is 3.64. The second-order valence-electron chi connectivity index (χ2n) is 3.64. The molecule has 1 heterocycles. The molecule has 1 rings (SSSR count). The summed E-state index contributed by atoms with van der Waals surface area (Å²) in [5.41, 5.74) is 0. The van der Waals surface area contributed by atoms with Crippen molar-refractivity contribution < 1.29 is 9.53 Å². The van der Waals surface area contributed by atoms with Crippen LogP contribution in [-0.2, 0) is 9.53 Å². The summed E-state index contributed by atoms with van der Waals surface area (Å²) in [7, 11) is 0. The molecule has 2 nitrogen and oxygen atoms in total. The van der Waals surface area contributed by atoms with Crippen LogP contribution in [0.5, 0.6) is 0 Å². The maximum absolute atomic E-state index is 11.2. The molecular weight excluding hydrogens is 152 g/mol. The summed E-state index contributed by atoms with van der Waals surface area (Å²) in [6.45, 7) is 9.70. The van der Waals surface area contributed by atoms with E-state index in [1.807, 2.05) is 19.9 Å². The van der Waals surface area contributed by atoms with Crippen LogP contribution in [0.15, 0.2) is 12.7 Å². The lowest BCUT2D eigenvalue weighted by molar-refractivity contribution is -0.144. The zero-order valence-corrected chi connectivity index (χ0v) is 7.91. The fourth-order valence-corrected chi connectivity index (χ4v) is 1.57. The average Bonchev–Trinajstić information content (AvgIpc) is 2.32. The molecule has 0 aliphatic carbocycles. The molecule has 12 heavy (non-hydrogen) atoms. The monoisotopic (exact) mass is 168 g/mol. The summed E-state index contributed by atoms with van der Waals surface area (Å²) in [4.78, 5) is 11.2. The third kappa shape index (κ3) is 1.38. The highest BCUT2D eigenvalue weighted by molar-refractivity contribution is 5.74. The van der Waals surface area contributed by atoms with Gasteiger partial charge in [-0.15, -0.1) is 6.58 Å². The summed E-state index contributed by atoms with van der Waals surface area (Å²) in [5, 5.41) is 0. The van der Waals surface area contributed by atoms with Crippen LogP contribution in [0.25, 0.3) is 0 Å². The second kappa shape index (κ2) is 3.30. The Bertz CT molecular complexity index is 198. The molecule has 1 fully saturated rings. The van der Waals surface area contributed by atoms with Crippen molar-refractivity contribution in [3.63, 3.8) is 0 Å². The standard InChI is InChI=1S/C10H16O2/c1-5-6(2)9-7(3)8(4)10(11)12-9/h5-9H,1H2,2-4H3/t6-,7+,8-,9-/m1/s1. The highest BCUT2D eigenvalue weighted by Crippen LogP contribution is 2.32. The fourth-order valence-electron chi connectivity index (χ4n) is 1.57. The minimum atomic E-state index is -0.0683. The molecule has 0 radical (unpaired) electrons. The van der Waals surface area contributed by atoms with Gasteiger partial charge in [-0.25, -0.2) is 0 Å². The number of carbonyl (C=O) groups excluding carboxylic acids is 1. The van der Waals surface area contributed by atoms with E-state index < -0.39 is 0 Å². The van der Waals surface area contributed by atoms with Gasteiger partial charge in [0, 0.05) is 11.8 Å². The number of ether oxygens (including phenoxy) is 1. The van der Waals surface area contributed by atoms with E-state index in [0.29, 0.717) is 5.92 Å². The van der Waals surface area contributed by atoms with Gasteiger partial charge < -0.3 is 4.74 Å². The first kappa shape index (κ1) is 9.30. The van der Waals surface area contributed by atoms with Crippen molar-refractivity contribution in [3.8, 4) is 0 Å². The van der Waals surface area contributed by atoms with Crippen LogP contribution in [0.4, 0.5) is 0 Å². The minimum absolute atomic E-state index is 0.0324. The zero-order valence-electron chi connectivity index (χ0n) is 7.91. The van der Waals surface area contributed by atoms with Gasteiger partial charge in [0.05, 0.1) is 5.92 Å². The molecule has 0 aromatic heterocycles. The molecule has 0 unspecified atom stereocenters. The number of esters is 1. The number of hydrogen-bond donors (Lipinski definition) is 0.